The van der Waals surface area contributed by atoms with Crippen LogP contribution in [0.4, 0.5) is 0 Å². The normalized spacial score (nSPS) is 50.2. The molecule has 0 saturated carbocycles. The molecule has 9 aliphatic rings. The number of aliphatic carboxylic acids is 1. The minimum Gasteiger partial charge on any atom is -0.477 e. The number of aliphatic hydroxyl groups excluding tert-OH is 33. The van der Waals surface area contributed by atoms with Gasteiger partial charge in [-0.3, -0.25) is 0 Å². The smallest absolute Gasteiger partial charge is 0.364 e. The molecule has 53 heteroatoms. The fourth-order valence-electron chi connectivity index (χ4n) is 14.2. The zero-order valence-corrected chi connectivity index (χ0v) is 59.4. The molecule has 0 radical (unpaired) electrons. The van der Waals surface area contributed by atoms with Crippen molar-refractivity contribution in [3.63, 3.8) is 0 Å². The number of carboxylic acids is 1. The van der Waals surface area contributed by atoms with E-state index in [1.807, 2.05) is 0 Å². The third-order valence-corrected chi connectivity index (χ3v) is 20.9. The lowest BCUT2D eigenvalue weighted by atomic mass is 9.91. The molecular weight excluding hydrogens is 1580 g/mol. The highest BCUT2D eigenvalue weighted by atomic mass is 16.8. The molecule has 9 fully saturated rings. The summed E-state index contributed by atoms with van der Waals surface area (Å²) in [6.07, 6.45) is -116. The second-order valence-electron chi connectivity index (χ2n) is 28.7. The van der Waals surface area contributed by atoms with E-state index in [9.17, 15) is 184 Å². The highest BCUT2D eigenvalue weighted by Gasteiger charge is 2.63. The topological polar surface area (TPSA) is 882 Å². The minimum absolute atomic E-state index is 1.02. The molecule has 0 amide bonds. The molecule has 0 aromatic rings. The third kappa shape index (κ3) is 20.2. The van der Waals surface area contributed by atoms with Crippen LogP contribution in [0.25, 0.3) is 0 Å². The van der Waals surface area contributed by atoms with Crippen LogP contribution in [0.1, 0.15) is 6.42 Å². The highest BCUT2D eigenvalue weighted by Crippen LogP contribution is 2.42. The van der Waals surface area contributed by atoms with Gasteiger partial charge < -0.3 is 259 Å². The number of rotatable bonds is 32. The Morgan fingerprint density at radius 2 is 0.614 bits per heavy atom. The van der Waals surface area contributed by atoms with E-state index in [0.717, 1.165) is 0 Å². The van der Waals surface area contributed by atoms with Crippen LogP contribution in [0, 0.1) is 0 Å². The van der Waals surface area contributed by atoms with E-state index in [0.29, 0.717) is 0 Å². The fraction of sp³-hybridized carbons (Fsp3) is 0.984. The van der Waals surface area contributed by atoms with Gasteiger partial charge in [-0.15, -0.1) is 0 Å². The Morgan fingerprint density at radius 3 is 1.07 bits per heavy atom. The van der Waals surface area contributed by atoms with E-state index >= 15 is 0 Å². The first-order chi connectivity index (χ1) is 53.6. The van der Waals surface area contributed by atoms with Crippen molar-refractivity contribution >= 4 is 5.97 Å². The molecule has 50 atom stereocenters. The predicted octanol–water partition coefficient (Wildman–Crippen LogP) is -24.0. The van der Waals surface area contributed by atoms with E-state index in [-0.39, 0.29) is 0 Å². The molecule has 0 spiro atoms. The SMILES string of the molecule is O=C(O)[C@@]1(O)C[C@@H](O)[C@@H](O[C@H]2O[C@H]([C@@H](O)CO)[C@@H](O[C@@H]3O[C@H](CO)[C@@H](O)[C@H](O)[C@H]3O)[C@H](O[C@H]3O[C@H]([C@@H](O)CO[C@H]4O[C@H]([C@@H](O)CO[C@H]5O[C@H]([C@@H](O)CO)[C@@H](O)[C@H](O)[C@@H]5O)[C@@H](O)[C@H](O)[C@@H]4O)[C@@H](O)[C@H](O[C@H]4O[C@H](CO[C@H]5O[C@H](CO)[C@@H](O)[C@H](O)[C@H]5O)[C@H](O)[C@H](O)[C@H]4O[C@H]4O[C@H]([C@@H](O)CO)[C@@H](O)[C@H](O)[C@@H]4O)[C@@H]3O)[C@@H]2O)[C@@H]([C@H](O)CO)O1. The van der Waals surface area contributed by atoms with Crippen molar-refractivity contribution in [2.45, 2.75) is 313 Å². The van der Waals surface area contributed by atoms with Gasteiger partial charge in [0.1, 0.15) is 244 Å². The van der Waals surface area contributed by atoms with Gasteiger partial charge in [0.05, 0.1) is 65.6 Å². The van der Waals surface area contributed by atoms with E-state index in [2.05, 4.69) is 0 Å². The van der Waals surface area contributed by atoms with Crippen molar-refractivity contribution in [2.24, 2.45) is 0 Å². The van der Waals surface area contributed by atoms with Crippen LogP contribution >= 0.6 is 0 Å². The second kappa shape index (κ2) is 40.6. The van der Waals surface area contributed by atoms with Gasteiger partial charge in [0.25, 0.3) is 5.79 Å². The first kappa shape index (κ1) is 95.3. The third-order valence-electron chi connectivity index (χ3n) is 20.9. The Labute approximate surface area is 640 Å². The molecule has 9 heterocycles. The van der Waals surface area contributed by atoms with Crippen LogP contribution in [0.15, 0.2) is 0 Å². The largest absolute Gasteiger partial charge is 0.477 e. The summed E-state index contributed by atoms with van der Waals surface area (Å²) in [5.74, 6) is -5.55. The second-order valence-corrected chi connectivity index (χ2v) is 28.7. The van der Waals surface area contributed by atoms with Crippen molar-refractivity contribution in [1.29, 1.82) is 0 Å². The lowest BCUT2D eigenvalue weighted by Crippen LogP contribution is -2.70. The van der Waals surface area contributed by atoms with E-state index in [1.165, 1.54) is 0 Å². The van der Waals surface area contributed by atoms with Gasteiger partial charge >= 0.3 is 5.97 Å². The maximum atomic E-state index is 12.8. The summed E-state index contributed by atoms with van der Waals surface area (Å²) in [5, 5.41) is 384. The highest BCUT2D eigenvalue weighted by molar-refractivity contribution is 5.75. The Balaban J connectivity index is 1.11. The maximum Gasteiger partial charge on any atom is 0.364 e. The van der Waals surface area contributed by atoms with E-state index in [1.54, 1.807) is 0 Å². The van der Waals surface area contributed by atoms with E-state index in [4.69, 9.17) is 80.5 Å². The van der Waals surface area contributed by atoms with Gasteiger partial charge in [-0.2, -0.15) is 0 Å². The molecule has 0 bridgehead atoms. The summed E-state index contributed by atoms with van der Waals surface area (Å²) in [7, 11) is 0. The van der Waals surface area contributed by atoms with Gasteiger partial charge in [-0.05, 0) is 0 Å². The number of aliphatic hydroxyl groups is 34. The first-order valence-electron chi connectivity index (χ1n) is 35.7. The molecule has 666 valence electrons. The maximum absolute atomic E-state index is 12.8. The van der Waals surface area contributed by atoms with Crippen molar-refractivity contribution in [2.75, 3.05) is 59.5 Å². The van der Waals surface area contributed by atoms with Crippen molar-refractivity contribution in [3.8, 4) is 0 Å². The average Bonchev–Trinajstić information content (AvgIpc) is 0.752. The Kier molecular flexibility index (Phi) is 33.9. The summed E-state index contributed by atoms with van der Waals surface area (Å²) in [4.78, 5) is 12.2. The number of hydrogen-bond donors (Lipinski definition) is 35. The number of ether oxygens (including phenoxy) is 17. The van der Waals surface area contributed by atoms with Crippen molar-refractivity contribution in [3.05, 3.63) is 0 Å². The number of hydrogen-bond acceptors (Lipinski definition) is 52. The Morgan fingerprint density at radius 1 is 0.298 bits per heavy atom. The molecule has 0 aromatic heterocycles. The van der Waals surface area contributed by atoms with Crippen molar-refractivity contribution in [1.82, 2.24) is 0 Å². The monoisotopic (exact) mass is 1680 g/mol. The number of carbonyl (C=O) groups is 1. The number of carboxylic acid groups (broad SMARTS) is 1. The zero-order valence-electron chi connectivity index (χ0n) is 59.4. The summed E-state index contributed by atoms with van der Waals surface area (Å²) < 4.78 is 97.0. The Hall–Kier alpha value is -2.57. The molecule has 53 nitrogen and oxygen atoms in total. The quantitative estimate of drug-likeness (QED) is 0.0297. The van der Waals surface area contributed by atoms with Gasteiger partial charge in [-0.1, -0.05) is 0 Å². The lowest BCUT2D eigenvalue weighted by molar-refractivity contribution is -0.414. The van der Waals surface area contributed by atoms with Crippen LogP contribution in [-0.4, -0.2) is 551 Å². The van der Waals surface area contributed by atoms with E-state index < -0.39 is 378 Å². The molecule has 9 rings (SSSR count). The molecule has 35 N–H and O–H groups in total. The standard InChI is InChI=1S/C61H104O53/c62-2-12(69)41-30(84)26(80)34(88)53(104-41)98-8-16(73)43-32(86)27(81)35(89)54(105-43)99-9-17(74)44-38(92)48(110-59-50(112-56-37(91)28(82)31(85)42(106-56)13(70)3-63)29(83)23(77)20(103-59)10-100-52-33(87)24(78)21(75)18(6-66)101-52)39(93)57(107-44)111-49-40(94)58(108-45-11(68)1-61(97,60(95)96)114-47(45)15(72)5-65)109-46(14(71)4-64)51(49)113-55-36(90)25(79)22(76)19(7-67)102-55/h11-59,62-94,97H,1-10H2,(H,95,96)/t11-,12+,13+,14+,15-,16+,17+,18-,19-,20-,21-,22-,23+,24+,25+,26+,27+,28+,29+,30+,31+,32+,33-,34+,35+,36-,37+,38-,39+,40+,41-,42-,43-,44-,45-,46-,47-,48+,49-,50-,51-,52+,53+,54+,55+,56-,57-,58+,59-,61-/m1/s1. The van der Waals surface area contributed by atoms with Crippen LogP contribution in [-0.2, 0) is 85.3 Å². The lowest BCUT2D eigenvalue weighted by Gasteiger charge is -2.52. The summed E-state index contributed by atoms with van der Waals surface area (Å²) in [5.41, 5.74) is 0. The molecular formula is C61H104O53. The Bertz CT molecular complexity index is 2910. The molecule has 114 heavy (non-hydrogen) atoms. The first-order valence-corrected chi connectivity index (χ1v) is 35.7. The van der Waals surface area contributed by atoms with Gasteiger partial charge in [0.15, 0.2) is 50.3 Å². The fourth-order valence-corrected chi connectivity index (χ4v) is 14.2. The minimum atomic E-state index is -3.37. The van der Waals surface area contributed by atoms with Crippen LogP contribution in [0.5, 0.6) is 0 Å². The van der Waals surface area contributed by atoms with Gasteiger partial charge in [0, 0.05) is 6.42 Å². The summed E-state index contributed by atoms with van der Waals surface area (Å²) in [6.45, 7) is -11.0. The molecule has 0 unspecified atom stereocenters. The molecule has 0 aromatic carbocycles. The van der Waals surface area contributed by atoms with Crippen LogP contribution < -0.4 is 0 Å². The van der Waals surface area contributed by atoms with Crippen molar-refractivity contribution < 1.29 is 264 Å². The van der Waals surface area contributed by atoms with Gasteiger partial charge in [-0.25, -0.2) is 4.79 Å². The van der Waals surface area contributed by atoms with Crippen LogP contribution in [0.2, 0.25) is 0 Å². The molecule has 9 aliphatic heterocycles. The zero-order chi connectivity index (χ0) is 84.5. The average molecular weight is 1690 g/mol. The summed E-state index contributed by atoms with van der Waals surface area (Å²) in [6, 6.07) is 0. The predicted molar refractivity (Wildman–Crippen MR) is 338 cm³/mol. The molecule has 0 aliphatic carbocycles. The van der Waals surface area contributed by atoms with Gasteiger partial charge in [0.2, 0.25) is 0 Å². The summed E-state index contributed by atoms with van der Waals surface area (Å²) >= 11 is 0. The molecule has 9 saturated heterocycles. The van der Waals surface area contributed by atoms with Crippen LogP contribution in [0.3, 0.4) is 0 Å².